The molecule has 2 N–H and O–H groups in total. The zero-order chi connectivity index (χ0) is 15.6. The number of hydrogen-bond acceptors (Lipinski definition) is 4. The molecule has 0 saturated heterocycles. The Kier molecular flexibility index (Phi) is 4.46. The standard InChI is InChI=1S/C14H16N2O3S2/c1-10-5-3-4-6-11(10)8-16(2)14(17)12-7-13(20-9-12)21(15,18)19/h3-7,9H,8H2,1-2H3,(H2,15,18,19). The molecule has 0 unspecified atom stereocenters. The van der Waals surface area contributed by atoms with Crippen LogP contribution in [0.2, 0.25) is 0 Å². The van der Waals surface area contributed by atoms with E-state index in [-0.39, 0.29) is 10.1 Å². The normalized spacial score (nSPS) is 11.4. The van der Waals surface area contributed by atoms with Gasteiger partial charge in [-0.3, -0.25) is 4.79 Å². The number of rotatable bonds is 4. The summed E-state index contributed by atoms with van der Waals surface area (Å²) in [6, 6.07) is 9.12. The number of primary sulfonamides is 1. The van der Waals surface area contributed by atoms with E-state index in [9.17, 15) is 13.2 Å². The average molecular weight is 324 g/mol. The van der Waals surface area contributed by atoms with Gasteiger partial charge in [-0.05, 0) is 24.1 Å². The number of carbonyl (C=O) groups excluding carboxylic acids is 1. The third-order valence-electron chi connectivity index (χ3n) is 3.12. The summed E-state index contributed by atoms with van der Waals surface area (Å²) in [4.78, 5) is 13.9. The lowest BCUT2D eigenvalue weighted by atomic mass is 10.1. The Hall–Kier alpha value is -1.70. The minimum Gasteiger partial charge on any atom is -0.337 e. The molecular formula is C14H16N2O3S2. The zero-order valence-electron chi connectivity index (χ0n) is 11.7. The molecule has 0 fully saturated rings. The second-order valence-electron chi connectivity index (χ2n) is 4.79. The molecule has 0 aliphatic rings. The molecule has 1 aromatic heterocycles. The highest BCUT2D eigenvalue weighted by Crippen LogP contribution is 2.20. The summed E-state index contributed by atoms with van der Waals surface area (Å²) in [6.45, 7) is 2.45. The molecule has 0 aliphatic heterocycles. The van der Waals surface area contributed by atoms with Crippen molar-refractivity contribution in [2.24, 2.45) is 5.14 Å². The highest BCUT2D eigenvalue weighted by Gasteiger charge is 2.18. The maximum absolute atomic E-state index is 12.3. The molecule has 0 spiro atoms. The van der Waals surface area contributed by atoms with Crippen molar-refractivity contribution >= 4 is 27.3 Å². The summed E-state index contributed by atoms with van der Waals surface area (Å²) >= 11 is 0.951. The molecule has 112 valence electrons. The molecule has 0 atom stereocenters. The van der Waals surface area contributed by atoms with Crippen LogP contribution in [0.1, 0.15) is 21.5 Å². The number of hydrogen-bond donors (Lipinski definition) is 1. The predicted octanol–water partition coefficient (Wildman–Crippen LogP) is 1.98. The summed E-state index contributed by atoms with van der Waals surface area (Å²) in [7, 11) is -2.08. The van der Waals surface area contributed by atoms with Crippen LogP contribution in [0.3, 0.4) is 0 Å². The van der Waals surface area contributed by atoms with Gasteiger partial charge in [-0.1, -0.05) is 24.3 Å². The Morgan fingerprint density at radius 2 is 2.00 bits per heavy atom. The van der Waals surface area contributed by atoms with E-state index in [1.165, 1.54) is 11.4 Å². The second kappa shape index (κ2) is 5.97. The molecule has 5 nitrogen and oxygen atoms in total. The second-order valence-corrected chi connectivity index (χ2v) is 7.49. The van der Waals surface area contributed by atoms with Crippen LogP contribution < -0.4 is 5.14 Å². The smallest absolute Gasteiger partial charge is 0.254 e. The Labute approximate surface area is 128 Å². The van der Waals surface area contributed by atoms with Crippen LogP contribution in [0.4, 0.5) is 0 Å². The zero-order valence-corrected chi connectivity index (χ0v) is 13.4. The van der Waals surface area contributed by atoms with Gasteiger partial charge in [0.25, 0.3) is 5.91 Å². The molecule has 1 aromatic carbocycles. The van der Waals surface area contributed by atoms with Crippen molar-refractivity contribution in [3.63, 3.8) is 0 Å². The third kappa shape index (κ3) is 3.69. The first kappa shape index (κ1) is 15.7. The van der Waals surface area contributed by atoms with Crippen molar-refractivity contribution in [3.05, 3.63) is 52.4 Å². The maximum atomic E-state index is 12.3. The van der Waals surface area contributed by atoms with Gasteiger partial charge in [0, 0.05) is 19.0 Å². The summed E-state index contributed by atoms with van der Waals surface area (Å²) in [5.41, 5.74) is 2.49. The highest BCUT2D eigenvalue weighted by molar-refractivity contribution is 7.91. The Bertz CT molecular complexity index is 766. The Morgan fingerprint density at radius 1 is 1.33 bits per heavy atom. The van der Waals surface area contributed by atoms with E-state index in [1.807, 2.05) is 31.2 Å². The lowest BCUT2D eigenvalue weighted by Gasteiger charge is -2.17. The number of nitrogens with zero attached hydrogens (tertiary/aromatic N) is 1. The van der Waals surface area contributed by atoms with E-state index < -0.39 is 10.0 Å². The van der Waals surface area contributed by atoms with E-state index in [4.69, 9.17) is 5.14 Å². The molecule has 0 saturated carbocycles. The topological polar surface area (TPSA) is 80.5 Å². The number of aryl methyl sites for hydroxylation is 1. The third-order valence-corrected chi connectivity index (χ3v) is 5.50. The van der Waals surface area contributed by atoms with Gasteiger partial charge in [0.05, 0.1) is 5.56 Å². The van der Waals surface area contributed by atoms with Gasteiger partial charge in [0.1, 0.15) is 4.21 Å². The SMILES string of the molecule is Cc1ccccc1CN(C)C(=O)c1csc(S(N)(=O)=O)c1. The maximum Gasteiger partial charge on any atom is 0.254 e. The molecule has 21 heavy (non-hydrogen) atoms. The van der Waals surface area contributed by atoms with Crippen LogP contribution in [-0.2, 0) is 16.6 Å². The monoisotopic (exact) mass is 324 g/mol. The number of benzene rings is 1. The summed E-state index contributed by atoms with van der Waals surface area (Å²) < 4.78 is 22.5. The molecule has 7 heteroatoms. The van der Waals surface area contributed by atoms with Gasteiger partial charge in [0.15, 0.2) is 0 Å². The molecule has 1 amide bonds. The molecule has 0 radical (unpaired) electrons. The van der Waals surface area contributed by atoms with Gasteiger partial charge in [-0.15, -0.1) is 11.3 Å². The first-order valence-corrected chi connectivity index (χ1v) is 8.63. The van der Waals surface area contributed by atoms with E-state index in [0.29, 0.717) is 12.1 Å². The van der Waals surface area contributed by atoms with Crippen molar-refractivity contribution in [3.8, 4) is 0 Å². The van der Waals surface area contributed by atoms with Gasteiger partial charge < -0.3 is 4.90 Å². The Morgan fingerprint density at radius 3 is 2.57 bits per heavy atom. The number of carbonyl (C=O) groups is 1. The minimum absolute atomic E-state index is 0.00450. The van der Waals surface area contributed by atoms with Crippen molar-refractivity contribution in [2.45, 2.75) is 17.7 Å². The van der Waals surface area contributed by atoms with Crippen molar-refractivity contribution in [2.75, 3.05) is 7.05 Å². The lowest BCUT2D eigenvalue weighted by molar-refractivity contribution is 0.0785. The molecule has 0 bridgehead atoms. The fourth-order valence-electron chi connectivity index (χ4n) is 1.91. The highest BCUT2D eigenvalue weighted by atomic mass is 32.2. The first-order chi connectivity index (χ1) is 9.79. The van der Waals surface area contributed by atoms with Crippen LogP contribution in [0.15, 0.2) is 39.9 Å². The largest absolute Gasteiger partial charge is 0.337 e. The summed E-state index contributed by atoms with van der Waals surface area (Å²) in [5, 5.41) is 6.56. The number of sulfonamides is 1. The van der Waals surface area contributed by atoms with Gasteiger partial charge in [0.2, 0.25) is 10.0 Å². The first-order valence-electron chi connectivity index (χ1n) is 6.20. The molecule has 1 heterocycles. The van der Waals surface area contributed by atoms with Crippen LogP contribution in [0.25, 0.3) is 0 Å². The molecule has 2 rings (SSSR count). The molecular weight excluding hydrogens is 308 g/mol. The molecule has 2 aromatic rings. The van der Waals surface area contributed by atoms with Crippen LogP contribution >= 0.6 is 11.3 Å². The average Bonchev–Trinajstić information content (AvgIpc) is 2.90. The van der Waals surface area contributed by atoms with Crippen molar-refractivity contribution in [1.82, 2.24) is 4.90 Å². The quantitative estimate of drug-likeness (QED) is 0.933. The van der Waals surface area contributed by atoms with E-state index >= 15 is 0 Å². The lowest BCUT2D eigenvalue weighted by Crippen LogP contribution is -2.26. The predicted molar refractivity (Wildman–Crippen MR) is 82.7 cm³/mol. The number of thiophene rings is 1. The van der Waals surface area contributed by atoms with Crippen molar-refractivity contribution in [1.29, 1.82) is 0 Å². The summed E-state index contributed by atoms with van der Waals surface area (Å²) in [5.74, 6) is -0.232. The van der Waals surface area contributed by atoms with Gasteiger partial charge >= 0.3 is 0 Å². The van der Waals surface area contributed by atoms with Crippen LogP contribution in [0.5, 0.6) is 0 Å². The van der Waals surface area contributed by atoms with Crippen LogP contribution in [0, 0.1) is 6.92 Å². The number of amides is 1. The minimum atomic E-state index is -3.76. The van der Waals surface area contributed by atoms with Crippen molar-refractivity contribution < 1.29 is 13.2 Å². The Balaban J connectivity index is 2.16. The van der Waals surface area contributed by atoms with Gasteiger partial charge in [-0.25, -0.2) is 13.6 Å². The summed E-state index contributed by atoms with van der Waals surface area (Å²) in [6.07, 6.45) is 0. The number of nitrogens with two attached hydrogens (primary N) is 1. The van der Waals surface area contributed by atoms with E-state index in [2.05, 4.69) is 0 Å². The van der Waals surface area contributed by atoms with E-state index in [1.54, 1.807) is 11.9 Å². The fraction of sp³-hybridized carbons (Fsp3) is 0.214. The van der Waals surface area contributed by atoms with Gasteiger partial charge in [-0.2, -0.15) is 0 Å². The van der Waals surface area contributed by atoms with E-state index in [0.717, 1.165) is 22.5 Å². The fourth-order valence-corrected chi connectivity index (χ4v) is 3.49. The van der Waals surface area contributed by atoms with Crippen LogP contribution in [-0.4, -0.2) is 26.3 Å². The molecule has 0 aliphatic carbocycles.